The Bertz CT molecular complexity index is 568. The number of aromatic nitrogens is 2. The lowest BCUT2D eigenvalue weighted by Crippen LogP contribution is -2.00. The van der Waals surface area contributed by atoms with Gasteiger partial charge in [0.05, 0.1) is 18.3 Å². The Morgan fingerprint density at radius 2 is 2.29 bits per heavy atom. The number of rotatable bonds is 3. The summed E-state index contributed by atoms with van der Waals surface area (Å²) in [5.74, 6) is -1.41. The van der Waals surface area contributed by atoms with Crippen LogP contribution in [0.5, 0.6) is 0 Å². The lowest BCUT2D eigenvalue weighted by molar-refractivity contribution is -0.136. The van der Waals surface area contributed by atoms with Gasteiger partial charge in [0.15, 0.2) is 0 Å². The maximum atomic E-state index is 13.6. The van der Waals surface area contributed by atoms with E-state index in [1.54, 1.807) is 12.1 Å². The molecule has 2 aromatic rings. The zero-order valence-electron chi connectivity index (χ0n) is 8.58. The van der Waals surface area contributed by atoms with Gasteiger partial charge in [-0.1, -0.05) is 15.9 Å². The Kier molecular flexibility index (Phi) is 3.23. The van der Waals surface area contributed by atoms with E-state index in [-0.39, 0.29) is 6.42 Å². The van der Waals surface area contributed by atoms with E-state index in [0.717, 1.165) is 0 Å². The van der Waals surface area contributed by atoms with Gasteiger partial charge in [-0.2, -0.15) is 5.10 Å². The molecule has 0 amide bonds. The molecule has 0 unspecified atom stereocenters. The van der Waals surface area contributed by atoms with Crippen molar-refractivity contribution >= 4 is 21.9 Å². The molecule has 4 nitrogen and oxygen atoms in total. The highest BCUT2D eigenvalue weighted by molar-refractivity contribution is 9.10. The Balaban J connectivity index is 2.49. The predicted molar refractivity (Wildman–Crippen MR) is 63.0 cm³/mol. The summed E-state index contributed by atoms with van der Waals surface area (Å²) < 4.78 is 14.3. The number of benzene rings is 1. The van der Waals surface area contributed by atoms with Crippen molar-refractivity contribution in [2.24, 2.45) is 0 Å². The number of nitrogens with zero attached hydrogens (tertiary/aromatic N) is 1. The monoisotopic (exact) mass is 298 g/mol. The van der Waals surface area contributed by atoms with Crippen molar-refractivity contribution in [3.8, 4) is 11.3 Å². The summed E-state index contributed by atoms with van der Waals surface area (Å²) in [4.78, 5) is 10.7. The van der Waals surface area contributed by atoms with Crippen LogP contribution in [0.25, 0.3) is 11.3 Å². The van der Waals surface area contributed by atoms with Gasteiger partial charge in [0, 0.05) is 15.6 Å². The fraction of sp³-hybridized carbons (Fsp3) is 0.0909. The van der Waals surface area contributed by atoms with Crippen LogP contribution in [0.2, 0.25) is 0 Å². The average Bonchev–Trinajstić information content (AvgIpc) is 2.69. The van der Waals surface area contributed by atoms with Crippen LogP contribution < -0.4 is 0 Å². The SMILES string of the molecule is O=C(O)Cc1cn[nH]c1-c1cc(Br)ccc1F. The number of carbonyl (C=O) groups is 1. The maximum Gasteiger partial charge on any atom is 0.307 e. The number of carboxylic acid groups (broad SMARTS) is 1. The number of H-pyrrole nitrogens is 1. The van der Waals surface area contributed by atoms with Gasteiger partial charge >= 0.3 is 5.97 Å². The molecule has 0 aliphatic heterocycles. The smallest absolute Gasteiger partial charge is 0.307 e. The van der Waals surface area contributed by atoms with Crippen LogP contribution in [0.15, 0.2) is 28.9 Å². The first-order valence-electron chi connectivity index (χ1n) is 4.77. The van der Waals surface area contributed by atoms with E-state index < -0.39 is 11.8 Å². The Morgan fingerprint density at radius 1 is 1.53 bits per heavy atom. The zero-order chi connectivity index (χ0) is 12.4. The number of carboxylic acids is 1. The standard InChI is InChI=1S/C11H8BrFN2O2/c12-7-1-2-9(13)8(4-7)11-6(3-10(16)17)5-14-15-11/h1-2,4-5H,3H2,(H,14,15)(H,16,17). The zero-order valence-corrected chi connectivity index (χ0v) is 10.2. The molecule has 0 saturated heterocycles. The molecule has 0 saturated carbocycles. The highest BCUT2D eigenvalue weighted by atomic mass is 79.9. The van der Waals surface area contributed by atoms with Crippen molar-refractivity contribution in [1.82, 2.24) is 10.2 Å². The molecule has 0 aliphatic carbocycles. The fourth-order valence-electron chi connectivity index (χ4n) is 1.53. The Labute approximate surface area is 105 Å². The first-order valence-corrected chi connectivity index (χ1v) is 5.56. The summed E-state index contributed by atoms with van der Waals surface area (Å²) in [6.07, 6.45) is 1.20. The van der Waals surface area contributed by atoms with Crippen molar-refractivity contribution < 1.29 is 14.3 Å². The number of aliphatic carboxylic acids is 1. The molecule has 1 aromatic heterocycles. The molecule has 0 aliphatic rings. The van der Waals surface area contributed by atoms with Gasteiger partial charge < -0.3 is 5.11 Å². The van der Waals surface area contributed by atoms with Crippen LogP contribution >= 0.6 is 15.9 Å². The lowest BCUT2D eigenvalue weighted by atomic mass is 10.1. The summed E-state index contributed by atoms with van der Waals surface area (Å²) in [6.45, 7) is 0. The van der Waals surface area contributed by atoms with Gasteiger partial charge in [-0.25, -0.2) is 4.39 Å². The maximum absolute atomic E-state index is 13.6. The molecule has 2 N–H and O–H groups in total. The van der Waals surface area contributed by atoms with Crippen LogP contribution in [0, 0.1) is 5.82 Å². The largest absolute Gasteiger partial charge is 0.481 e. The highest BCUT2D eigenvalue weighted by Crippen LogP contribution is 2.27. The van der Waals surface area contributed by atoms with Gasteiger partial charge in [-0.05, 0) is 18.2 Å². The highest BCUT2D eigenvalue weighted by Gasteiger charge is 2.14. The van der Waals surface area contributed by atoms with Crippen LogP contribution in [0.3, 0.4) is 0 Å². The fourth-order valence-corrected chi connectivity index (χ4v) is 1.89. The van der Waals surface area contributed by atoms with E-state index in [1.807, 2.05) is 0 Å². The predicted octanol–water partition coefficient (Wildman–Crippen LogP) is 2.61. The molecular formula is C11H8BrFN2O2. The summed E-state index contributed by atoms with van der Waals surface area (Å²) >= 11 is 3.24. The quantitative estimate of drug-likeness (QED) is 0.915. The molecule has 6 heteroatoms. The summed E-state index contributed by atoms with van der Waals surface area (Å²) in [5.41, 5.74) is 1.15. The van der Waals surface area contributed by atoms with Crippen LogP contribution in [0.1, 0.15) is 5.56 Å². The third-order valence-corrected chi connectivity index (χ3v) is 2.75. The number of nitrogens with one attached hydrogen (secondary N) is 1. The number of halogens is 2. The van der Waals surface area contributed by atoms with E-state index >= 15 is 0 Å². The molecule has 17 heavy (non-hydrogen) atoms. The number of hydrogen-bond donors (Lipinski definition) is 2. The van der Waals surface area contributed by atoms with E-state index in [9.17, 15) is 9.18 Å². The normalized spacial score (nSPS) is 10.5. The van der Waals surface area contributed by atoms with Gasteiger partial charge in [0.1, 0.15) is 5.82 Å². The van der Waals surface area contributed by atoms with Crippen molar-refractivity contribution in [1.29, 1.82) is 0 Å². The summed E-state index contributed by atoms with van der Waals surface area (Å²) in [6, 6.07) is 4.46. The van der Waals surface area contributed by atoms with Crippen LogP contribution in [0.4, 0.5) is 4.39 Å². The molecule has 2 rings (SSSR count). The summed E-state index contributed by atoms with van der Waals surface area (Å²) in [5, 5.41) is 15.1. The van der Waals surface area contributed by atoms with E-state index in [4.69, 9.17) is 5.11 Å². The number of aromatic amines is 1. The van der Waals surface area contributed by atoms with Crippen LogP contribution in [-0.2, 0) is 11.2 Å². The van der Waals surface area contributed by atoms with Gasteiger partial charge in [0.2, 0.25) is 0 Å². The van der Waals surface area contributed by atoms with Crippen molar-refractivity contribution in [3.05, 3.63) is 40.2 Å². The molecule has 1 heterocycles. The topological polar surface area (TPSA) is 66.0 Å². The third kappa shape index (κ3) is 2.52. The van der Waals surface area contributed by atoms with Crippen LogP contribution in [-0.4, -0.2) is 21.3 Å². The molecule has 1 aromatic carbocycles. The molecule has 0 bridgehead atoms. The molecule has 0 atom stereocenters. The van der Waals surface area contributed by atoms with E-state index in [0.29, 0.717) is 21.3 Å². The number of hydrogen-bond acceptors (Lipinski definition) is 2. The van der Waals surface area contributed by atoms with Gasteiger partial charge in [0.25, 0.3) is 0 Å². The second kappa shape index (κ2) is 4.67. The Morgan fingerprint density at radius 3 is 3.00 bits per heavy atom. The summed E-state index contributed by atoms with van der Waals surface area (Å²) in [7, 11) is 0. The average molecular weight is 299 g/mol. The minimum absolute atomic E-state index is 0.197. The molecule has 0 fully saturated rings. The molecule has 88 valence electrons. The van der Waals surface area contributed by atoms with E-state index in [2.05, 4.69) is 26.1 Å². The third-order valence-electron chi connectivity index (χ3n) is 2.26. The second-order valence-corrected chi connectivity index (χ2v) is 4.38. The minimum Gasteiger partial charge on any atom is -0.481 e. The van der Waals surface area contributed by atoms with Crippen molar-refractivity contribution in [3.63, 3.8) is 0 Å². The lowest BCUT2D eigenvalue weighted by Gasteiger charge is -2.03. The van der Waals surface area contributed by atoms with Crippen molar-refractivity contribution in [2.45, 2.75) is 6.42 Å². The molecule has 0 radical (unpaired) electrons. The van der Waals surface area contributed by atoms with E-state index in [1.165, 1.54) is 12.3 Å². The first kappa shape index (κ1) is 11.8. The van der Waals surface area contributed by atoms with Gasteiger partial charge in [-0.3, -0.25) is 9.89 Å². The first-order chi connectivity index (χ1) is 8.08. The second-order valence-electron chi connectivity index (χ2n) is 3.46. The minimum atomic E-state index is -0.983. The Hall–Kier alpha value is -1.69. The van der Waals surface area contributed by atoms with Gasteiger partial charge in [-0.15, -0.1) is 0 Å². The van der Waals surface area contributed by atoms with Crippen molar-refractivity contribution in [2.75, 3.05) is 0 Å². The molecular weight excluding hydrogens is 291 g/mol. The molecule has 0 spiro atoms.